The van der Waals surface area contributed by atoms with Crippen molar-refractivity contribution in [2.24, 2.45) is 0 Å². The van der Waals surface area contributed by atoms with Crippen molar-refractivity contribution in [1.29, 1.82) is 0 Å². The van der Waals surface area contributed by atoms with E-state index >= 15 is 0 Å². The highest BCUT2D eigenvalue weighted by Crippen LogP contribution is 2.15. The van der Waals surface area contributed by atoms with E-state index in [2.05, 4.69) is 154 Å². The molecular weight excluding hydrogens is 961 g/mol. The Morgan fingerprint density at radius 1 is 0.269 bits per heavy atom. The summed E-state index contributed by atoms with van der Waals surface area (Å²) in [5, 5.41) is 0. The molecule has 0 aliphatic rings. The zero-order valence-corrected chi connectivity index (χ0v) is 50.6. The predicted octanol–water partition coefficient (Wildman–Crippen LogP) is 22.2. The smallest absolute Gasteiger partial charge is 0.306 e. The number of esters is 3. The number of allylic oxidation sites excluding steroid dienone is 22. The van der Waals surface area contributed by atoms with Crippen molar-refractivity contribution in [2.75, 3.05) is 13.2 Å². The van der Waals surface area contributed by atoms with Gasteiger partial charge in [0.25, 0.3) is 0 Å². The molecule has 0 aromatic heterocycles. The lowest BCUT2D eigenvalue weighted by Gasteiger charge is -2.18. The van der Waals surface area contributed by atoms with Crippen molar-refractivity contribution in [2.45, 2.75) is 290 Å². The van der Waals surface area contributed by atoms with E-state index in [1.807, 2.05) is 0 Å². The van der Waals surface area contributed by atoms with Crippen LogP contribution >= 0.6 is 0 Å². The first-order valence-corrected chi connectivity index (χ1v) is 32.2. The van der Waals surface area contributed by atoms with Crippen LogP contribution in [0.15, 0.2) is 134 Å². The van der Waals surface area contributed by atoms with Crippen molar-refractivity contribution in [3.8, 4) is 0 Å². The number of rotatable bonds is 57. The molecule has 1 atom stereocenters. The molecule has 0 aliphatic carbocycles. The SMILES string of the molecule is CC/C=C\C/C=C\C/C=C\C/C=C\C/C=C\C/C=C\CCCCC(=O)OC(COC(=O)CCCCCCC/C=C\CCCCCCCCC)COC(=O)CCCCCCCCCCCC/C=C\C/C=C\C/C=C\C/C=C\CC. The lowest BCUT2D eigenvalue weighted by Crippen LogP contribution is -2.30. The highest BCUT2D eigenvalue weighted by atomic mass is 16.6. The summed E-state index contributed by atoms with van der Waals surface area (Å²) in [6.45, 7) is 6.38. The molecule has 0 fully saturated rings. The van der Waals surface area contributed by atoms with Crippen LogP contribution in [0.4, 0.5) is 0 Å². The summed E-state index contributed by atoms with van der Waals surface area (Å²) < 4.78 is 16.9. The minimum Gasteiger partial charge on any atom is -0.462 e. The summed E-state index contributed by atoms with van der Waals surface area (Å²) in [5.41, 5.74) is 0. The number of unbranched alkanes of at least 4 members (excludes halogenated alkanes) is 24. The van der Waals surface area contributed by atoms with Crippen LogP contribution in [0.5, 0.6) is 0 Å². The van der Waals surface area contributed by atoms with Crippen LogP contribution in [0.25, 0.3) is 0 Å². The molecule has 0 saturated heterocycles. The molecule has 6 nitrogen and oxygen atoms in total. The molecule has 0 bridgehead atoms. The highest BCUT2D eigenvalue weighted by molar-refractivity contribution is 5.71. The van der Waals surface area contributed by atoms with Crippen molar-refractivity contribution in [3.05, 3.63) is 134 Å². The second kappa shape index (κ2) is 65.1. The number of carbonyl (C=O) groups is 3. The zero-order chi connectivity index (χ0) is 56.4. The topological polar surface area (TPSA) is 78.9 Å². The number of hydrogen-bond acceptors (Lipinski definition) is 6. The van der Waals surface area contributed by atoms with E-state index in [0.29, 0.717) is 19.3 Å². The summed E-state index contributed by atoms with van der Waals surface area (Å²) in [5.74, 6) is -0.957. The van der Waals surface area contributed by atoms with Gasteiger partial charge in [-0.15, -0.1) is 0 Å². The van der Waals surface area contributed by atoms with Crippen molar-refractivity contribution >= 4 is 17.9 Å². The van der Waals surface area contributed by atoms with Crippen LogP contribution in [0.2, 0.25) is 0 Å². The van der Waals surface area contributed by atoms with Crippen LogP contribution in [-0.4, -0.2) is 37.2 Å². The fourth-order valence-electron chi connectivity index (χ4n) is 8.61. The molecule has 0 spiro atoms. The molecule has 6 heteroatoms. The molecule has 0 saturated carbocycles. The molecule has 0 aliphatic heterocycles. The number of ether oxygens (including phenoxy) is 3. The quantitative estimate of drug-likeness (QED) is 0.0261. The molecule has 0 N–H and O–H groups in total. The third-order valence-electron chi connectivity index (χ3n) is 13.4. The van der Waals surface area contributed by atoms with E-state index in [-0.39, 0.29) is 37.5 Å². The molecule has 1 unspecified atom stereocenters. The van der Waals surface area contributed by atoms with Gasteiger partial charge in [-0.25, -0.2) is 0 Å². The second-order valence-electron chi connectivity index (χ2n) is 20.9. The first-order chi connectivity index (χ1) is 38.5. The fraction of sp³-hybridized carbons (Fsp3) is 0.653. The summed E-state index contributed by atoms with van der Waals surface area (Å²) in [4.78, 5) is 38.4. The second-order valence-corrected chi connectivity index (χ2v) is 20.9. The Balaban J connectivity index is 4.48. The summed E-state index contributed by atoms with van der Waals surface area (Å²) >= 11 is 0. The third kappa shape index (κ3) is 62.4. The largest absolute Gasteiger partial charge is 0.462 e. The Labute approximate surface area is 481 Å². The van der Waals surface area contributed by atoms with Gasteiger partial charge in [0.2, 0.25) is 0 Å². The maximum atomic E-state index is 12.9. The zero-order valence-electron chi connectivity index (χ0n) is 50.6. The maximum absolute atomic E-state index is 12.9. The van der Waals surface area contributed by atoms with Gasteiger partial charge < -0.3 is 14.2 Å². The molecule has 0 amide bonds. The lowest BCUT2D eigenvalue weighted by atomic mass is 10.1. The van der Waals surface area contributed by atoms with Gasteiger partial charge in [0, 0.05) is 19.3 Å². The van der Waals surface area contributed by atoms with Gasteiger partial charge in [-0.2, -0.15) is 0 Å². The predicted molar refractivity (Wildman–Crippen MR) is 339 cm³/mol. The van der Waals surface area contributed by atoms with E-state index in [4.69, 9.17) is 14.2 Å². The fourth-order valence-corrected chi connectivity index (χ4v) is 8.61. The Kier molecular flexibility index (Phi) is 61.4. The minimum atomic E-state index is -0.813. The maximum Gasteiger partial charge on any atom is 0.306 e. The molecule has 0 radical (unpaired) electrons. The van der Waals surface area contributed by atoms with E-state index < -0.39 is 6.10 Å². The van der Waals surface area contributed by atoms with E-state index in [1.54, 1.807) is 0 Å². The lowest BCUT2D eigenvalue weighted by molar-refractivity contribution is -0.167. The summed E-state index contributed by atoms with van der Waals surface area (Å²) in [6.07, 6.45) is 91.7. The molecule has 0 rings (SSSR count). The van der Waals surface area contributed by atoms with Crippen LogP contribution in [-0.2, 0) is 28.6 Å². The van der Waals surface area contributed by atoms with Crippen molar-refractivity contribution in [1.82, 2.24) is 0 Å². The van der Waals surface area contributed by atoms with Crippen LogP contribution in [0, 0.1) is 0 Å². The Morgan fingerprint density at radius 2 is 0.500 bits per heavy atom. The molecule has 0 aromatic rings. The molecule has 442 valence electrons. The monoisotopic (exact) mass is 1080 g/mol. The van der Waals surface area contributed by atoms with Gasteiger partial charge in [-0.05, 0) is 135 Å². The Morgan fingerprint density at radius 3 is 0.821 bits per heavy atom. The average Bonchev–Trinajstić information content (AvgIpc) is 3.44. The molecule has 78 heavy (non-hydrogen) atoms. The van der Waals surface area contributed by atoms with Gasteiger partial charge in [0.1, 0.15) is 13.2 Å². The Hall–Kier alpha value is -4.45. The first-order valence-electron chi connectivity index (χ1n) is 32.2. The van der Waals surface area contributed by atoms with Gasteiger partial charge in [0.05, 0.1) is 0 Å². The average molecular weight is 1080 g/mol. The molecule has 0 aromatic carbocycles. The standard InChI is InChI=1S/C72H118O6/c1-4-7-10-13-16-19-22-25-28-31-33-35-36-38-39-41-44-47-50-53-56-59-62-65-71(74)77-68-69(67-76-70(73)64-61-58-55-52-49-46-43-30-27-24-21-18-15-12-9-6-3)78-72(75)66-63-60-57-54-51-48-45-42-40-37-34-32-29-26-23-20-17-14-11-8-5-2/h7-8,10-11,16-17,19-20,25-26,28-30,33-35,37,42-43,45,51,54,69H,4-6,9,12-15,18,21-24,27,31-32,36,38-41,44,46-50,52-53,55-68H2,1-3H3/b10-7-,11-8-,19-16-,20-17-,28-25-,29-26-,35-33-,37-34-,43-30-,45-42-,54-51-. The Bertz CT molecular complexity index is 1670. The minimum absolute atomic E-state index is 0.104. The van der Waals surface area contributed by atoms with Crippen LogP contribution < -0.4 is 0 Å². The van der Waals surface area contributed by atoms with Crippen molar-refractivity contribution in [3.63, 3.8) is 0 Å². The van der Waals surface area contributed by atoms with Gasteiger partial charge in [-0.3, -0.25) is 14.4 Å². The van der Waals surface area contributed by atoms with E-state index in [1.165, 1.54) is 109 Å². The highest BCUT2D eigenvalue weighted by Gasteiger charge is 2.19. The number of carbonyl (C=O) groups excluding carboxylic acids is 3. The van der Waals surface area contributed by atoms with Crippen LogP contribution in [0.1, 0.15) is 284 Å². The van der Waals surface area contributed by atoms with Crippen molar-refractivity contribution < 1.29 is 28.6 Å². The van der Waals surface area contributed by atoms with Gasteiger partial charge in [0.15, 0.2) is 6.10 Å². The van der Waals surface area contributed by atoms with Gasteiger partial charge >= 0.3 is 17.9 Å². The first kappa shape index (κ1) is 73.5. The number of hydrogen-bond donors (Lipinski definition) is 0. The normalized spacial score (nSPS) is 13.0. The van der Waals surface area contributed by atoms with Gasteiger partial charge in [-0.1, -0.05) is 264 Å². The van der Waals surface area contributed by atoms with E-state index in [9.17, 15) is 14.4 Å². The summed E-state index contributed by atoms with van der Waals surface area (Å²) in [6, 6.07) is 0. The van der Waals surface area contributed by atoms with Crippen LogP contribution in [0.3, 0.4) is 0 Å². The molecule has 0 heterocycles. The van der Waals surface area contributed by atoms with E-state index in [0.717, 1.165) is 128 Å². The third-order valence-corrected chi connectivity index (χ3v) is 13.4. The summed E-state index contributed by atoms with van der Waals surface area (Å²) in [7, 11) is 0. The molecular formula is C72H118O6.